The number of nitrogens with one attached hydrogen (secondary N) is 1. The normalized spacial score (nSPS) is 12.0. The lowest BCUT2D eigenvalue weighted by atomic mass is 10.3. The maximum absolute atomic E-state index is 5.84. The molecule has 1 aromatic carbocycles. The standard InChI is InChI=1S/C17H18N2OS/c1-12(2)18-11-5-6-13-9-10-15(20-13)17-19-14-7-3-4-8-16(14)21-17/h3-10,12,18H,11H2,1-2H3. The summed E-state index contributed by atoms with van der Waals surface area (Å²) in [5, 5.41) is 4.26. The van der Waals surface area contributed by atoms with Crippen molar-refractivity contribution in [2.24, 2.45) is 0 Å². The molecule has 3 rings (SSSR count). The molecule has 0 amide bonds. The van der Waals surface area contributed by atoms with Crippen molar-refractivity contribution in [3.05, 3.63) is 48.2 Å². The molecule has 1 N–H and O–H groups in total. The lowest BCUT2D eigenvalue weighted by Crippen LogP contribution is -2.22. The van der Waals surface area contributed by atoms with Crippen molar-refractivity contribution in [3.63, 3.8) is 0 Å². The largest absolute Gasteiger partial charge is 0.454 e. The average Bonchev–Trinajstić information content (AvgIpc) is 3.09. The molecule has 3 nitrogen and oxygen atoms in total. The van der Waals surface area contributed by atoms with Crippen LogP contribution in [0.25, 0.3) is 27.1 Å². The molecule has 2 aromatic heterocycles. The van der Waals surface area contributed by atoms with Crippen molar-refractivity contribution < 1.29 is 4.42 Å². The highest BCUT2D eigenvalue weighted by Gasteiger charge is 2.09. The second-order valence-electron chi connectivity index (χ2n) is 5.15. The van der Waals surface area contributed by atoms with E-state index in [0.717, 1.165) is 28.6 Å². The van der Waals surface area contributed by atoms with Crippen LogP contribution in [-0.4, -0.2) is 17.6 Å². The predicted molar refractivity (Wildman–Crippen MR) is 89.5 cm³/mol. The van der Waals surface area contributed by atoms with E-state index in [2.05, 4.69) is 36.3 Å². The van der Waals surface area contributed by atoms with Crippen molar-refractivity contribution in [2.75, 3.05) is 6.54 Å². The fourth-order valence-corrected chi connectivity index (χ4v) is 2.94. The van der Waals surface area contributed by atoms with E-state index in [9.17, 15) is 0 Å². The Bertz CT molecular complexity index is 722. The lowest BCUT2D eigenvalue weighted by Gasteiger charge is -2.02. The van der Waals surface area contributed by atoms with Gasteiger partial charge in [0.15, 0.2) is 10.8 Å². The number of nitrogens with zero attached hydrogens (tertiary/aromatic N) is 1. The van der Waals surface area contributed by atoms with Crippen LogP contribution in [0.15, 0.2) is 46.9 Å². The van der Waals surface area contributed by atoms with Crippen molar-refractivity contribution in [2.45, 2.75) is 19.9 Å². The zero-order chi connectivity index (χ0) is 14.7. The molecule has 0 aliphatic carbocycles. The second-order valence-corrected chi connectivity index (χ2v) is 6.18. The molecule has 0 spiro atoms. The van der Waals surface area contributed by atoms with E-state index in [4.69, 9.17) is 4.42 Å². The third-order valence-electron chi connectivity index (χ3n) is 3.06. The Morgan fingerprint density at radius 1 is 1.24 bits per heavy atom. The van der Waals surface area contributed by atoms with Crippen LogP contribution in [0.2, 0.25) is 0 Å². The first-order chi connectivity index (χ1) is 10.2. The topological polar surface area (TPSA) is 38.1 Å². The summed E-state index contributed by atoms with van der Waals surface area (Å²) in [6.45, 7) is 5.10. The highest BCUT2D eigenvalue weighted by Crippen LogP contribution is 2.31. The predicted octanol–water partition coefficient (Wildman–Crippen LogP) is 4.57. The van der Waals surface area contributed by atoms with Crippen molar-refractivity contribution in [1.29, 1.82) is 0 Å². The number of hydrogen-bond donors (Lipinski definition) is 1. The van der Waals surface area contributed by atoms with Crippen LogP contribution in [0, 0.1) is 0 Å². The van der Waals surface area contributed by atoms with Gasteiger partial charge in [0.2, 0.25) is 0 Å². The molecular weight excluding hydrogens is 280 g/mol. The van der Waals surface area contributed by atoms with Gasteiger partial charge in [0.25, 0.3) is 0 Å². The van der Waals surface area contributed by atoms with Gasteiger partial charge in [0.05, 0.1) is 10.2 Å². The third kappa shape index (κ3) is 3.40. The Morgan fingerprint density at radius 3 is 2.90 bits per heavy atom. The first-order valence-electron chi connectivity index (χ1n) is 7.08. The van der Waals surface area contributed by atoms with Gasteiger partial charge in [-0.05, 0) is 30.3 Å². The molecule has 0 atom stereocenters. The SMILES string of the molecule is CC(C)NCC=Cc1ccc(-c2nc3ccccc3s2)o1. The lowest BCUT2D eigenvalue weighted by molar-refractivity contribution is 0.570. The van der Waals surface area contributed by atoms with Crippen LogP contribution in [0.5, 0.6) is 0 Å². The van der Waals surface area contributed by atoms with E-state index in [-0.39, 0.29) is 0 Å². The molecule has 0 fully saturated rings. The third-order valence-corrected chi connectivity index (χ3v) is 4.11. The number of fused-ring (bicyclic) bond motifs is 1. The first kappa shape index (κ1) is 14.0. The van der Waals surface area contributed by atoms with E-state index in [1.54, 1.807) is 11.3 Å². The Kier molecular flexibility index (Phi) is 4.18. The molecule has 108 valence electrons. The van der Waals surface area contributed by atoms with Crippen LogP contribution in [0.3, 0.4) is 0 Å². The number of aromatic nitrogens is 1. The van der Waals surface area contributed by atoms with Gasteiger partial charge in [-0.25, -0.2) is 4.98 Å². The maximum atomic E-state index is 5.84. The van der Waals surface area contributed by atoms with E-state index >= 15 is 0 Å². The molecule has 0 saturated heterocycles. The van der Waals surface area contributed by atoms with Gasteiger partial charge in [0, 0.05) is 12.6 Å². The molecule has 0 aliphatic rings. The summed E-state index contributed by atoms with van der Waals surface area (Å²) < 4.78 is 7.02. The first-order valence-corrected chi connectivity index (χ1v) is 7.90. The Labute approximate surface area is 128 Å². The summed E-state index contributed by atoms with van der Waals surface area (Å²) in [6.07, 6.45) is 4.06. The van der Waals surface area contributed by atoms with Gasteiger partial charge >= 0.3 is 0 Å². The van der Waals surface area contributed by atoms with Crippen molar-refractivity contribution in [3.8, 4) is 10.8 Å². The fraction of sp³-hybridized carbons (Fsp3) is 0.235. The van der Waals surface area contributed by atoms with Gasteiger partial charge in [0.1, 0.15) is 5.76 Å². The summed E-state index contributed by atoms with van der Waals surface area (Å²) in [7, 11) is 0. The molecule has 2 heterocycles. The molecule has 0 aliphatic heterocycles. The minimum atomic E-state index is 0.490. The number of para-hydroxylation sites is 1. The monoisotopic (exact) mass is 298 g/mol. The van der Waals surface area contributed by atoms with E-state index < -0.39 is 0 Å². The summed E-state index contributed by atoms with van der Waals surface area (Å²) in [6, 6.07) is 12.6. The van der Waals surface area contributed by atoms with Gasteiger partial charge < -0.3 is 9.73 Å². The zero-order valence-corrected chi connectivity index (χ0v) is 13.0. The Morgan fingerprint density at radius 2 is 2.10 bits per heavy atom. The van der Waals surface area contributed by atoms with Gasteiger partial charge in [-0.15, -0.1) is 11.3 Å². The van der Waals surface area contributed by atoms with Gasteiger partial charge in [-0.2, -0.15) is 0 Å². The highest BCUT2D eigenvalue weighted by molar-refractivity contribution is 7.21. The smallest absolute Gasteiger partial charge is 0.163 e. The molecule has 0 unspecified atom stereocenters. The number of hydrogen-bond acceptors (Lipinski definition) is 4. The Balaban J connectivity index is 1.75. The minimum absolute atomic E-state index is 0.490. The summed E-state index contributed by atoms with van der Waals surface area (Å²) >= 11 is 1.65. The van der Waals surface area contributed by atoms with Crippen LogP contribution in [0.1, 0.15) is 19.6 Å². The number of benzene rings is 1. The maximum Gasteiger partial charge on any atom is 0.163 e. The molecular formula is C17H18N2OS. The Hall–Kier alpha value is -1.91. The molecule has 21 heavy (non-hydrogen) atoms. The highest BCUT2D eigenvalue weighted by atomic mass is 32.1. The molecule has 3 aromatic rings. The van der Waals surface area contributed by atoms with Crippen molar-refractivity contribution in [1.82, 2.24) is 10.3 Å². The van der Waals surface area contributed by atoms with E-state index in [0.29, 0.717) is 6.04 Å². The number of rotatable bonds is 5. The van der Waals surface area contributed by atoms with E-state index in [1.807, 2.05) is 36.4 Å². The molecule has 0 radical (unpaired) electrons. The van der Waals surface area contributed by atoms with Gasteiger partial charge in [-0.1, -0.05) is 32.1 Å². The molecule has 4 heteroatoms. The quantitative estimate of drug-likeness (QED) is 0.750. The second kappa shape index (κ2) is 6.24. The average molecular weight is 298 g/mol. The molecule has 0 bridgehead atoms. The summed E-state index contributed by atoms with van der Waals surface area (Å²) in [5.41, 5.74) is 1.02. The summed E-state index contributed by atoms with van der Waals surface area (Å²) in [5.74, 6) is 1.68. The van der Waals surface area contributed by atoms with Crippen molar-refractivity contribution >= 4 is 27.6 Å². The van der Waals surface area contributed by atoms with Crippen LogP contribution in [0.4, 0.5) is 0 Å². The zero-order valence-electron chi connectivity index (χ0n) is 12.2. The van der Waals surface area contributed by atoms with Gasteiger partial charge in [-0.3, -0.25) is 0 Å². The fourth-order valence-electron chi connectivity index (χ4n) is 2.01. The van der Waals surface area contributed by atoms with E-state index in [1.165, 1.54) is 4.70 Å². The summed E-state index contributed by atoms with van der Waals surface area (Å²) in [4.78, 5) is 4.60. The number of thiazole rings is 1. The van der Waals surface area contributed by atoms with Crippen LogP contribution < -0.4 is 5.32 Å². The van der Waals surface area contributed by atoms with Crippen LogP contribution in [-0.2, 0) is 0 Å². The van der Waals surface area contributed by atoms with Crippen LogP contribution >= 0.6 is 11.3 Å². The minimum Gasteiger partial charge on any atom is -0.454 e. The molecule has 0 saturated carbocycles. The number of furan rings is 1.